The number of β-lactam (4-membered cyclic amide) rings is 1. The number of phenols is 1. The number of hydrogen-bond donors (Lipinski definition) is 3. The van der Waals surface area contributed by atoms with E-state index in [-0.39, 0.29) is 17.6 Å². The molecule has 11 heteroatoms. The Bertz CT molecular complexity index is 1180. The van der Waals surface area contributed by atoms with Gasteiger partial charge < -0.3 is 20.6 Å². The van der Waals surface area contributed by atoms with Gasteiger partial charge in [-0.05, 0) is 61.2 Å². The summed E-state index contributed by atoms with van der Waals surface area (Å²) in [5.74, 6) is 0.0472. The van der Waals surface area contributed by atoms with Crippen molar-refractivity contribution in [3.63, 3.8) is 0 Å². The van der Waals surface area contributed by atoms with Crippen LogP contribution in [0.15, 0.2) is 48.5 Å². The Labute approximate surface area is 238 Å². The molecule has 2 saturated heterocycles. The van der Waals surface area contributed by atoms with Gasteiger partial charge in [-0.1, -0.05) is 39.3 Å². The molecule has 4 rings (SSSR count). The predicted octanol–water partition coefficient (Wildman–Crippen LogP) is 5.34. The van der Waals surface area contributed by atoms with Crippen molar-refractivity contribution in [3.8, 4) is 5.75 Å². The quantitative estimate of drug-likeness (QED) is 0.386. The van der Waals surface area contributed by atoms with Crippen LogP contribution in [0.25, 0.3) is 0 Å². The average molecular weight is 577 g/mol. The number of rotatable bonds is 7. The van der Waals surface area contributed by atoms with Crippen LogP contribution in [0.5, 0.6) is 5.75 Å². The van der Waals surface area contributed by atoms with Crippen LogP contribution in [0.4, 0.5) is 18.0 Å². The van der Waals surface area contributed by atoms with E-state index in [1.54, 1.807) is 12.1 Å². The van der Waals surface area contributed by atoms with Crippen LogP contribution in [0, 0.1) is 5.41 Å². The fraction of sp³-hybridized carbons (Fsp3) is 0.500. The number of hydrogen-bond acceptors (Lipinski definition) is 5. The first-order valence-electron chi connectivity index (χ1n) is 14.0. The first-order valence-corrected chi connectivity index (χ1v) is 14.0. The number of nitrogens with zero attached hydrogens (tertiary/aromatic N) is 2. The van der Waals surface area contributed by atoms with Gasteiger partial charge in [0.05, 0.1) is 17.0 Å². The van der Waals surface area contributed by atoms with Gasteiger partial charge in [-0.2, -0.15) is 13.2 Å². The maximum Gasteiger partial charge on any atom is 0.416 e. The monoisotopic (exact) mass is 576 g/mol. The molecular weight excluding hydrogens is 537 g/mol. The number of carbonyl (C=O) groups is 3. The van der Waals surface area contributed by atoms with Crippen LogP contribution in [0.1, 0.15) is 74.0 Å². The van der Waals surface area contributed by atoms with Crippen LogP contribution < -0.4 is 10.6 Å². The van der Waals surface area contributed by atoms with Crippen molar-refractivity contribution in [2.75, 3.05) is 32.7 Å². The Morgan fingerprint density at radius 2 is 1.59 bits per heavy atom. The number of urea groups is 1. The number of piperazine rings is 1. The lowest BCUT2D eigenvalue weighted by atomic mass is 9.74. The number of alkyl halides is 3. The van der Waals surface area contributed by atoms with Gasteiger partial charge in [-0.3, -0.25) is 14.5 Å². The SMILES string of the molecule is CCCC(NC(=O)N1CC(CC)(CC)C1=O)c1ccc(C(F)(F)F)cc1.O=C(c1ccc(O)cc1)N1CCNCC1. The van der Waals surface area contributed by atoms with Gasteiger partial charge in [0.25, 0.3) is 5.91 Å². The lowest BCUT2D eigenvalue weighted by molar-refractivity contribution is -0.155. The average Bonchev–Trinajstić information content (AvgIpc) is 2.97. The molecule has 0 saturated carbocycles. The molecule has 0 bridgehead atoms. The van der Waals surface area contributed by atoms with Crippen LogP contribution in [0.2, 0.25) is 0 Å². The number of amides is 4. The molecule has 2 fully saturated rings. The van der Waals surface area contributed by atoms with E-state index < -0.39 is 29.2 Å². The molecule has 0 radical (unpaired) electrons. The van der Waals surface area contributed by atoms with Crippen molar-refractivity contribution in [1.29, 1.82) is 0 Å². The molecule has 1 unspecified atom stereocenters. The summed E-state index contributed by atoms with van der Waals surface area (Å²) in [6.45, 7) is 9.37. The molecule has 2 aromatic carbocycles. The minimum atomic E-state index is -4.39. The van der Waals surface area contributed by atoms with Crippen LogP contribution >= 0.6 is 0 Å². The zero-order valence-corrected chi connectivity index (χ0v) is 23.8. The number of halogens is 3. The number of likely N-dealkylation sites (tertiary alicyclic amines) is 1. The van der Waals surface area contributed by atoms with E-state index in [1.807, 2.05) is 25.7 Å². The summed E-state index contributed by atoms with van der Waals surface area (Å²) in [5.41, 5.74) is 0.0518. The molecule has 0 aromatic heterocycles. The van der Waals surface area contributed by atoms with Crippen molar-refractivity contribution < 1.29 is 32.7 Å². The molecule has 2 aliphatic heterocycles. The molecule has 41 heavy (non-hydrogen) atoms. The third-order valence-corrected chi connectivity index (χ3v) is 7.79. The Balaban J connectivity index is 0.000000260. The standard InChI is InChI=1S/C19H25F3N2O2.C11H14N2O2/c1-4-7-15(13-8-10-14(11-9-13)19(20,21)22)23-17(26)24-12-18(5-2,6-3)16(24)25;14-10-3-1-9(2-4-10)11(15)13-7-5-12-6-8-13/h8-11,15H,4-7,12H2,1-3H3,(H,23,26);1-4,12,14H,5-8H2. The maximum atomic E-state index is 12.7. The summed E-state index contributed by atoms with van der Waals surface area (Å²) in [7, 11) is 0. The summed E-state index contributed by atoms with van der Waals surface area (Å²) in [6, 6.07) is 10.3. The Hall–Kier alpha value is -3.60. The fourth-order valence-corrected chi connectivity index (χ4v) is 4.97. The van der Waals surface area contributed by atoms with E-state index in [1.165, 1.54) is 29.2 Å². The zero-order chi connectivity index (χ0) is 30.2. The third kappa shape index (κ3) is 7.78. The summed E-state index contributed by atoms with van der Waals surface area (Å²) in [5, 5.41) is 15.1. The molecule has 4 amide bonds. The number of phenolic OH excluding ortho intramolecular Hbond substituents is 1. The molecule has 2 aromatic rings. The van der Waals surface area contributed by atoms with Crippen LogP contribution in [0.3, 0.4) is 0 Å². The van der Waals surface area contributed by atoms with Gasteiger partial charge >= 0.3 is 12.2 Å². The van der Waals surface area contributed by atoms with E-state index >= 15 is 0 Å². The topological polar surface area (TPSA) is 102 Å². The molecule has 0 aliphatic carbocycles. The molecular formula is C30H39F3N4O4. The lowest BCUT2D eigenvalue weighted by Gasteiger charge is -2.47. The minimum absolute atomic E-state index is 0.0384. The highest BCUT2D eigenvalue weighted by molar-refractivity contribution is 6.02. The van der Waals surface area contributed by atoms with Gasteiger partial charge in [0, 0.05) is 38.3 Å². The largest absolute Gasteiger partial charge is 0.508 e. The van der Waals surface area contributed by atoms with E-state index in [0.717, 1.165) is 44.7 Å². The number of imide groups is 1. The number of benzene rings is 2. The molecule has 0 spiro atoms. The number of nitrogens with one attached hydrogen (secondary N) is 2. The Morgan fingerprint density at radius 3 is 2.07 bits per heavy atom. The van der Waals surface area contributed by atoms with Gasteiger partial charge in [0.2, 0.25) is 5.91 Å². The zero-order valence-electron chi connectivity index (χ0n) is 23.8. The second kappa shape index (κ2) is 13.8. The first kappa shape index (κ1) is 31.9. The van der Waals surface area contributed by atoms with E-state index in [2.05, 4.69) is 10.6 Å². The molecule has 2 heterocycles. The van der Waals surface area contributed by atoms with E-state index in [0.29, 0.717) is 36.9 Å². The highest BCUT2D eigenvalue weighted by Gasteiger charge is 2.52. The number of carbonyl (C=O) groups excluding carboxylic acids is 3. The third-order valence-electron chi connectivity index (χ3n) is 7.79. The van der Waals surface area contributed by atoms with Crippen molar-refractivity contribution >= 4 is 17.8 Å². The lowest BCUT2D eigenvalue weighted by Crippen LogP contribution is -2.65. The summed E-state index contributed by atoms with van der Waals surface area (Å²) in [6.07, 6.45) is -1.71. The van der Waals surface area contributed by atoms with E-state index in [4.69, 9.17) is 5.11 Å². The molecule has 2 aliphatic rings. The second-order valence-corrected chi connectivity index (χ2v) is 10.4. The maximum absolute atomic E-state index is 12.7. The van der Waals surface area contributed by atoms with Crippen molar-refractivity contribution in [2.45, 2.75) is 58.7 Å². The molecule has 224 valence electrons. The van der Waals surface area contributed by atoms with E-state index in [9.17, 15) is 27.6 Å². The second-order valence-electron chi connectivity index (χ2n) is 10.4. The smallest absolute Gasteiger partial charge is 0.416 e. The van der Waals surface area contributed by atoms with Crippen LogP contribution in [-0.4, -0.2) is 65.5 Å². The first-order chi connectivity index (χ1) is 19.5. The highest BCUT2D eigenvalue weighted by Crippen LogP contribution is 2.39. The normalized spacial score (nSPS) is 17.2. The van der Waals surface area contributed by atoms with Crippen molar-refractivity contribution in [3.05, 3.63) is 65.2 Å². The van der Waals surface area contributed by atoms with Crippen molar-refractivity contribution in [1.82, 2.24) is 20.4 Å². The molecule has 1 atom stereocenters. The summed E-state index contributed by atoms with van der Waals surface area (Å²) in [4.78, 5) is 39.8. The van der Waals surface area contributed by atoms with Gasteiger partial charge in [0.1, 0.15) is 5.75 Å². The van der Waals surface area contributed by atoms with Gasteiger partial charge in [-0.15, -0.1) is 0 Å². The number of aromatic hydroxyl groups is 1. The molecule has 8 nitrogen and oxygen atoms in total. The highest BCUT2D eigenvalue weighted by atomic mass is 19.4. The summed E-state index contributed by atoms with van der Waals surface area (Å²) < 4.78 is 38.1. The predicted molar refractivity (Wildman–Crippen MR) is 149 cm³/mol. The van der Waals surface area contributed by atoms with Crippen LogP contribution in [-0.2, 0) is 11.0 Å². The van der Waals surface area contributed by atoms with Gasteiger partial charge in [0.15, 0.2) is 0 Å². The van der Waals surface area contributed by atoms with Gasteiger partial charge in [-0.25, -0.2) is 4.79 Å². The van der Waals surface area contributed by atoms with Crippen molar-refractivity contribution in [2.24, 2.45) is 5.41 Å². The molecule has 3 N–H and O–H groups in total. The Kier molecular flexibility index (Phi) is 10.8. The Morgan fingerprint density at radius 1 is 1.00 bits per heavy atom. The summed E-state index contributed by atoms with van der Waals surface area (Å²) >= 11 is 0. The fourth-order valence-electron chi connectivity index (χ4n) is 4.97. The minimum Gasteiger partial charge on any atom is -0.508 e.